The normalized spacial score (nSPS) is 22.3. The number of nitrogens with two attached hydrogens (primary N) is 2. The molecule has 4 N–H and O–H groups in total. The number of amides is 3. The summed E-state index contributed by atoms with van der Waals surface area (Å²) in [7, 11) is 4.62. The number of benzene rings is 1. The standard InChI is InChI=1S/C28H43N3O6/c1-17(2)23(25(29)32)28(27(30)34)13-9-10-14-31(28)26(33)22(18-11-7-6-8-12-18)19-15-20(35-3)24(37-5)21(16-19)36-4/h15-18,22-23H,6-14H2,1-5H3,(H2,29,32)(H2,30,34)/t22-,23-,28?/m0/s1. The van der Waals surface area contributed by atoms with Gasteiger partial charge in [-0.05, 0) is 61.6 Å². The average Bonchev–Trinajstić information content (AvgIpc) is 2.88. The lowest BCUT2D eigenvalue weighted by molar-refractivity contribution is -0.161. The zero-order valence-corrected chi connectivity index (χ0v) is 22.9. The summed E-state index contributed by atoms with van der Waals surface area (Å²) in [5.41, 5.74) is 11.2. The molecule has 37 heavy (non-hydrogen) atoms. The second-order valence-electron chi connectivity index (χ2n) is 10.7. The molecule has 0 spiro atoms. The lowest BCUT2D eigenvalue weighted by Crippen LogP contribution is -2.69. The van der Waals surface area contributed by atoms with E-state index in [1.807, 2.05) is 26.0 Å². The molecule has 3 amide bonds. The number of ether oxygens (including phenoxy) is 3. The molecule has 3 rings (SSSR count). The fourth-order valence-electron chi connectivity index (χ4n) is 6.69. The van der Waals surface area contributed by atoms with Crippen molar-refractivity contribution in [1.29, 1.82) is 0 Å². The molecule has 1 aromatic carbocycles. The van der Waals surface area contributed by atoms with E-state index in [4.69, 9.17) is 25.7 Å². The number of primary amides is 2. The van der Waals surface area contributed by atoms with Crippen molar-refractivity contribution in [2.45, 2.75) is 76.7 Å². The maximum atomic E-state index is 14.7. The van der Waals surface area contributed by atoms with Crippen molar-refractivity contribution in [3.63, 3.8) is 0 Å². The molecule has 1 unspecified atom stereocenters. The molecule has 2 fully saturated rings. The maximum absolute atomic E-state index is 14.7. The van der Waals surface area contributed by atoms with Gasteiger partial charge in [0.25, 0.3) is 0 Å². The Morgan fingerprint density at radius 2 is 1.51 bits per heavy atom. The topological polar surface area (TPSA) is 134 Å². The average molecular weight is 518 g/mol. The third kappa shape index (κ3) is 5.36. The van der Waals surface area contributed by atoms with E-state index < -0.39 is 29.2 Å². The quantitative estimate of drug-likeness (QED) is 0.489. The molecule has 206 valence electrons. The Kier molecular flexibility index (Phi) is 9.31. The Bertz CT molecular complexity index is 965. The summed E-state index contributed by atoms with van der Waals surface area (Å²) in [5.74, 6) is -1.79. The van der Waals surface area contributed by atoms with Crippen LogP contribution in [0.1, 0.15) is 76.7 Å². The van der Waals surface area contributed by atoms with E-state index in [0.717, 1.165) is 44.1 Å². The van der Waals surface area contributed by atoms with Gasteiger partial charge in [0.2, 0.25) is 23.5 Å². The van der Waals surface area contributed by atoms with Gasteiger partial charge < -0.3 is 30.6 Å². The summed E-state index contributed by atoms with van der Waals surface area (Å²) < 4.78 is 16.7. The highest BCUT2D eigenvalue weighted by molar-refractivity contribution is 5.98. The van der Waals surface area contributed by atoms with Crippen LogP contribution < -0.4 is 25.7 Å². The summed E-state index contributed by atoms with van der Waals surface area (Å²) in [6.07, 6.45) is 6.65. The Hall–Kier alpha value is -2.97. The van der Waals surface area contributed by atoms with Crippen LogP contribution in [-0.2, 0) is 14.4 Å². The predicted octanol–water partition coefficient (Wildman–Crippen LogP) is 3.37. The molecule has 0 aromatic heterocycles. The molecule has 9 nitrogen and oxygen atoms in total. The van der Waals surface area contributed by atoms with Crippen LogP contribution in [0.3, 0.4) is 0 Å². The molecule has 9 heteroatoms. The first-order valence-electron chi connectivity index (χ1n) is 13.3. The monoisotopic (exact) mass is 517 g/mol. The van der Waals surface area contributed by atoms with Crippen LogP contribution in [0.5, 0.6) is 17.2 Å². The van der Waals surface area contributed by atoms with Gasteiger partial charge >= 0.3 is 0 Å². The van der Waals surface area contributed by atoms with Gasteiger partial charge in [0.05, 0.1) is 33.2 Å². The van der Waals surface area contributed by atoms with Crippen LogP contribution >= 0.6 is 0 Å². The van der Waals surface area contributed by atoms with Crippen LogP contribution in [0.15, 0.2) is 12.1 Å². The summed E-state index contributed by atoms with van der Waals surface area (Å²) in [6, 6.07) is 3.64. The molecule has 3 atom stereocenters. The van der Waals surface area contributed by atoms with Crippen molar-refractivity contribution in [3.8, 4) is 17.2 Å². The summed E-state index contributed by atoms with van der Waals surface area (Å²) in [6.45, 7) is 4.02. The zero-order chi connectivity index (χ0) is 27.3. The van der Waals surface area contributed by atoms with E-state index in [-0.39, 0.29) is 17.7 Å². The number of nitrogens with zero attached hydrogens (tertiary/aromatic N) is 1. The van der Waals surface area contributed by atoms with Gasteiger partial charge in [-0.2, -0.15) is 0 Å². The SMILES string of the molecule is COc1cc([C@@H](C(=O)N2CCCCC2(C(N)=O)[C@H](C(N)=O)C(C)C)C2CCCCC2)cc(OC)c1OC. The highest BCUT2D eigenvalue weighted by Gasteiger charge is 2.56. The first kappa shape index (κ1) is 28.6. The highest BCUT2D eigenvalue weighted by Crippen LogP contribution is 2.47. The molecule has 0 radical (unpaired) electrons. The van der Waals surface area contributed by atoms with E-state index in [1.54, 1.807) is 19.1 Å². The fourth-order valence-corrected chi connectivity index (χ4v) is 6.69. The van der Waals surface area contributed by atoms with Gasteiger partial charge in [-0.15, -0.1) is 0 Å². The molecular formula is C28H43N3O6. The lowest BCUT2D eigenvalue weighted by atomic mass is 9.68. The molecular weight excluding hydrogens is 474 g/mol. The van der Waals surface area contributed by atoms with Crippen LogP contribution in [-0.4, -0.2) is 56.0 Å². The Morgan fingerprint density at radius 3 is 1.97 bits per heavy atom. The first-order chi connectivity index (χ1) is 17.6. The van der Waals surface area contributed by atoms with Gasteiger partial charge in [0.1, 0.15) is 5.54 Å². The van der Waals surface area contributed by atoms with Gasteiger partial charge in [0, 0.05) is 6.54 Å². The number of carbonyl (C=O) groups excluding carboxylic acids is 3. The Labute approximate surface area is 220 Å². The van der Waals surface area contributed by atoms with Gasteiger partial charge in [-0.1, -0.05) is 33.1 Å². The number of rotatable bonds is 10. The van der Waals surface area contributed by atoms with Crippen LogP contribution in [0, 0.1) is 17.8 Å². The van der Waals surface area contributed by atoms with Crippen molar-refractivity contribution >= 4 is 17.7 Å². The van der Waals surface area contributed by atoms with Crippen LogP contribution in [0.2, 0.25) is 0 Å². The predicted molar refractivity (Wildman–Crippen MR) is 140 cm³/mol. The number of piperidine rings is 1. The second kappa shape index (κ2) is 12.0. The Morgan fingerprint density at radius 1 is 0.919 bits per heavy atom. The molecule has 1 aliphatic heterocycles. The third-order valence-electron chi connectivity index (χ3n) is 8.29. The molecule has 2 aliphatic rings. The highest BCUT2D eigenvalue weighted by atomic mass is 16.5. The number of likely N-dealkylation sites (tertiary alicyclic amines) is 1. The van der Waals surface area contributed by atoms with Crippen molar-refractivity contribution in [2.75, 3.05) is 27.9 Å². The minimum atomic E-state index is -1.47. The number of hydrogen-bond donors (Lipinski definition) is 2. The van der Waals surface area contributed by atoms with E-state index in [2.05, 4.69) is 0 Å². The lowest BCUT2D eigenvalue weighted by Gasteiger charge is -2.51. The summed E-state index contributed by atoms with van der Waals surface area (Å²) >= 11 is 0. The molecule has 1 aromatic rings. The van der Waals surface area contributed by atoms with E-state index in [9.17, 15) is 14.4 Å². The molecule has 1 heterocycles. The van der Waals surface area contributed by atoms with Crippen molar-refractivity contribution in [1.82, 2.24) is 4.90 Å². The van der Waals surface area contributed by atoms with E-state index >= 15 is 0 Å². The van der Waals surface area contributed by atoms with Gasteiger partial charge in [-0.25, -0.2) is 0 Å². The number of carbonyl (C=O) groups is 3. The zero-order valence-electron chi connectivity index (χ0n) is 22.9. The molecule has 1 saturated heterocycles. The van der Waals surface area contributed by atoms with Crippen molar-refractivity contribution in [3.05, 3.63) is 17.7 Å². The summed E-state index contributed by atoms with van der Waals surface area (Å²) in [5, 5.41) is 0. The second-order valence-corrected chi connectivity index (χ2v) is 10.7. The molecule has 1 saturated carbocycles. The molecule has 1 aliphatic carbocycles. The van der Waals surface area contributed by atoms with Gasteiger partial charge in [-0.3, -0.25) is 14.4 Å². The van der Waals surface area contributed by atoms with Crippen molar-refractivity contribution in [2.24, 2.45) is 29.2 Å². The molecule has 0 bridgehead atoms. The smallest absolute Gasteiger partial charge is 0.244 e. The first-order valence-corrected chi connectivity index (χ1v) is 13.3. The summed E-state index contributed by atoms with van der Waals surface area (Å²) in [4.78, 5) is 42.2. The number of hydrogen-bond acceptors (Lipinski definition) is 6. The fraction of sp³-hybridized carbons (Fsp3) is 0.679. The largest absolute Gasteiger partial charge is 0.493 e. The van der Waals surface area contributed by atoms with Crippen LogP contribution in [0.25, 0.3) is 0 Å². The van der Waals surface area contributed by atoms with Gasteiger partial charge in [0.15, 0.2) is 11.5 Å². The van der Waals surface area contributed by atoms with E-state index in [1.165, 1.54) is 7.11 Å². The van der Waals surface area contributed by atoms with Crippen molar-refractivity contribution < 1.29 is 28.6 Å². The maximum Gasteiger partial charge on any atom is 0.244 e. The van der Waals surface area contributed by atoms with Crippen LogP contribution in [0.4, 0.5) is 0 Å². The third-order valence-corrected chi connectivity index (χ3v) is 8.29. The minimum Gasteiger partial charge on any atom is -0.493 e. The Balaban J connectivity index is 2.20. The van der Waals surface area contributed by atoms with E-state index in [0.29, 0.717) is 36.6 Å². The number of methoxy groups -OCH3 is 3. The minimum absolute atomic E-state index is 0.0580.